The molecule has 1 fully saturated rings. The predicted octanol–water partition coefficient (Wildman–Crippen LogP) is 2.95. The van der Waals surface area contributed by atoms with Gasteiger partial charge in [0.1, 0.15) is 0 Å². The molecule has 0 amide bonds. The minimum Gasteiger partial charge on any atom is -0.385 e. The number of benzene rings is 1. The van der Waals surface area contributed by atoms with Crippen molar-refractivity contribution in [1.29, 1.82) is 0 Å². The summed E-state index contributed by atoms with van der Waals surface area (Å²) in [6, 6.07) is 11.5. The maximum atomic E-state index is 5.21. The van der Waals surface area contributed by atoms with Crippen LogP contribution in [0.25, 0.3) is 0 Å². The van der Waals surface area contributed by atoms with Crippen LogP contribution in [0.15, 0.2) is 30.3 Å². The van der Waals surface area contributed by atoms with Crippen LogP contribution in [0.2, 0.25) is 0 Å². The van der Waals surface area contributed by atoms with E-state index in [-0.39, 0.29) is 0 Å². The second-order valence-corrected chi connectivity index (χ2v) is 4.93. The monoisotopic (exact) mass is 233 g/mol. The number of rotatable bonds is 7. The van der Waals surface area contributed by atoms with Crippen molar-refractivity contribution >= 4 is 0 Å². The molecular formula is C15H23NO. The van der Waals surface area contributed by atoms with Crippen LogP contribution in [0, 0.1) is 0 Å². The van der Waals surface area contributed by atoms with E-state index in [1.165, 1.54) is 24.8 Å². The first-order chi connectivity index (χ1) is 8.40. The lowest BCUT2D eigenvalue weighted by molar-refractivity contribution is 0.185. The maximum Gasteiger partial charge on any atom is 0.0468 e. The van der Waals surface area contributed by atoms with Gasteiger partial charge in [0.25, 0.3) is 0 Å². The average molecular weight is 233 g/mol. The number of hydrogen-bond acceptors (Lipinski definition) is 2. The molecule has 1 saturated carbocycles. The van der Waals surface area contributed by atoms with Crippen LogP contribution >= 0.6 is 0 Å². The third-order valence-corrected chi connectivity index (χ3v) is 3.70. The zero-order chi connectivity index (χ0) is 11.9. The highest BCUT2D eigenvalue weighted by Gasteiger charge is 2.19. The lowest BCUT2D eigenvalue weighted by Crippen LogP contribution is -2.37. The third kappa shape index (κ3) is 3.83. The van der Waals surface area contributed by atoms with E-state index in [4.69, 9.17) is 4.74 Å². The number of nitrogens with one attached hydrogen (secondary N) is 1. The van der Waals surface area contributed by atoms with Crippen LogP contribution in [0.4, 0.5) is 0 Å². The van der Waals surface area contributed by atoms with Gasteiger partial charge in [-0.3, -0.25) is 0 Å². The van der Waals surface area contributed by atoms with Gasteiger partial charge in [0.15, 0.2) is 0 Å². The Bertz CT molecular complexity index is 308. The molecule has 0 aliphatic heterocycles. The second kappa shape index (κ2) is 6.77. The van der Waals surface area contributed by atoms with Crippen molar-refractivity contribution in [3.05, 3.63) is 35.9 Å². The smallest absolute Gasteiger partial charge is 0.0468 e. The normalized spacial score (nSPS) is 17.7. The van der Waals surface area contributed by atoms with E-state index >= 15 is 0 Å². The molecule has 1 unspecified atom stereocenters. The highest BCUT2D eigenvalue weighted by atomic mass is 16.5. The minimum atomic E-state index is 0.580. The molecule has 0 saturated heterocycles. The van der Waals surface area contributed by atoms with E-state index in [0.717, 1.165) is 25.6 Å². The van der Waals surface area contributed by atoms with Crippen LogP contribution in [-0.2, 0) is 4.74 Å². The Kier molecular flexibility index (Phi) is 5.02. The lowest BCUT2D eigenvalue weighted by Gasteiger charge is -2.29. The van der Waals surface area contributed by atoms with Crippen molar-refractivity contribution in [3.63, 3.8) is 0 Å². The zero-order valence-electron chi connectivity index (χ0n) is 10.7. The summed E-state index contributed by atoms with van der Waals surface area (Å²) in [6.07, 6.45) is 5.20. The van der Waals surface area contributed by atoms with E-state index in [1.807, 2.05) is 0 Å². The van der Waals surface area contributed by atoms with Gasteiger partial charge >= 0.3 is 0 Å². The van der Waals surface area contributed by atoms with Crippen molar-refractivity contribution in [2.45, 2.75) is 37.6 Å². The second-order valence-electron chi connectivity index (χ2n) is 4.93. The van der Waals surface area contributed by atoms with Crippen LogP contribution < -0.4 is 5.32 Å². The minimum absolute atomic E-state index is 0.580. The maximum absolute atomic E-state index is 5.21. The Balaban J connectivity index is 1.87. The van der Waals surface area contributed by atoms with Crippen molar-refractivity contribution < 1.29 is 4.74 Å². The lowest BCUT2D eigenvalue weighted by atomic mass is 9.91. The molecule has 1 N–H and O–H groups in total. The fourth-order valence-electron chi connectivity index (χ4n) is 2.29. The van der Waals surface area contributed by atoms with Gasteiger partial charge in [0.05, 0.1) is 0 Å². The first kappa shape index (κ1) is 12.6. The molecule has 0 spiro atoms. The predicted molar refractivity (Wildman–Crippen MR) is 71.3 cm³/mol. The molecule has 1 aliphatic carbocycles. The van der Waals surface area contributed by atoms with Crippen LogP contribution in [0.5, 0.6) is 0 Å². The van der Waals surface area contributed by atoms with E-state index in [2.05, 4.69) is 35.6 Å². The van der Waals surface area contributed by atoms with Crippen molar-refractivity contribution in [1.82, 2.24) is 5.32 Å². The van der Waals surface area contributed by atoms with E-state index in [0.29, 0.717) is 5.92 Å². The summed E-state index contributed by atoms with van der Waals surface area (Å²) in [5.41, 5.74) is 1.43. The van der Waals surface area contributed by atoms with Crippen molar-refractivity contribution in [2.75, 3.05) is 20.3 Å². The molecule has 2 rings (SSSR count). The Hall–Kier alpha value is -0.860. The molecule has 1 aliphatic rings. The topological polar surface area (TPSA) is 21.3 Å². The average Bonchev–Trinajstić information content (AvgIpc) is 2.32. The van der Waals surface area contributed by atoms with Crippen LogP contribution in [-0.4, -0.2) is 26.3 Å². The molecule has 0 radical (unpaired) electrons. The summed E-state index contributed by atoms with van der Waals surface area (Å²) >= 11 is 0. The summed E-state index contributed by atoms with van der Waals surface area (Å²) in [6.45, 7) is 1.92. The van der Waals surface area contributed by atoms with Crippen LogP contribution in [0.3, 0.4) is 0 Å². The molecule has 2 nitrogen and oxygen atoms in total. The largest absolute Gasteiger partial charge is 0.385 e. The van der Waals surface area contributed by atoms with Gasteiger partial charge < -0.3 is 10.1 Å². The number of hydrogen-bond donors (Lipinski definition) is 1. The zero-order valence-corrected chi connectivity index (χ0v) is 10.7. The highest BCUT2D eigenvalue weighted by molar-refractivity contribution is 5.19. The van der Waals surface area contributed by atoms with Crippen molar-refractivity contribution in [2.24, 2.45) is 0 Å². The van der Waals surface area contributed by atoms with Gasteiger partial charge in [0.2, 0.25) is 0 Å². The molecule has 0 heterocycles. The molecule has 94 valence electrons. The van der Waals surface area contributed by atoms with E-state index < -0.39 is 0 Å². The summed E-state index contributed by atoms with van der Waals surface area (Å²) in [4.78, 5) is 0. The van der Waals surface area contributed by atoms with Crippen LogP contribution in [0.1, 0.15) is 37.2 Å². The molecular weight excluding hydrogens is 210 g/mol. The van der Waals surface area contributed by atoms with Gasteiger partial charge in [0, 0.05) is 26.3 Å². The molecule has 1 aromatic carbocycles. The standard InChI is InChI=1S/C15H23NO/c1-17-11-10-14(12-16-15-8-5-9-15)13-6-3-2-4-7-13/h2-4,6-7,14-16H,5,8-12H2,1H3. The summed E-state index contributed by atoms with van der Waals surface area (Å²) in [7, 11) is 1.78. The molecule has 1 atom stereocenters. The molecule has 17 heavy (non-hydrogen) atoms. The SMILES string of the molecule is COCCC(CNC1CCC1)c1ccccc1. The first-order valence-corrected chi connectivity index (χ1v) is 6.67. The quantitative estimate of drug-likeness (QED) is 0.782. The fraction of sp³-hybridized carbons (Fsp3) is 0.600. The molecule has 0 bridgehead atoms. The Morgan fingerprint density at radius 1 is 1.29 bits per heavy atom. The Morgan fingerprint density at radius 3 is 2.65 bits per heavy atom. The first-order valence-electron chi connectivity index (χ1n) is 6.67. The molecule has 2 heteroatoms. The van der Waals surface area contributed by atoms with Gasteiger partial charge in [-0.25, -0.2) is 0 Å². The van der Waals surface area contributed by atoms with Gasteiger partial charge in [-0.1, -0.05) is 36.8 Å². The van der Waals surface area contributed by atoms with Gasteiger partial charge in [-0.15, -0.1) is 0 Å². The number of methoxy groups -OCH3 is 1. The fourth-order valence-corrected chi connectivity index (χ4v) is 2.29. The van der Waals surface area contributed by atoms with E-state index in [9.17, 15) is 0 Å². The van der Waals surface area contributed by atoms with E-state index in [1.54, 1.807) is 7.11 Å². The van der Waals surface area contributed by atoms with Crippen molar-refractivity contribution in [3.8, 4) is 0 Å². The molecule has 1 aromatic rings. The number of ether oxygens (including phenoxy) is 1. The third-order valence-electron chi connectivity index (χ3n) is 3.70. The summed E-state index contributed by atoms with van der Waals surface area (Å²) in [5, 5.41) is 3.67. The highest BCUT2D eigenvalue weighted by Crippen LogP contribution is 2.22. The molecule has 0 aromatic heterocycles. The Labute approximate surface area is 104 Å². The van der Waals surface area contributed by atoms with Gasteiger partial charge in [-0.2, -0.15) is 0 Å². The van der Waals surface area contributed by atoms with Gasteiger partial charge in [-0.05, 0) is 30.7 Å². The summed E-state index contributed by atoms with van der Waals surface area (Å²) in [5.74, 6) is 0.580. The summed E-state index contributed by atoms with van der Waals surface area (Å²) < 4.78 is 5.21. The Morgan fingerprint density at radius 2 is 2.06 bits per heavy atom.